The number of aryl methyl sites for hydroxylation is 1. The number of fused-ring (bicyclic) bond motifs is 3. The van der Waals surface area contributed by atoms with Crippen LogP contribution in [0.1, 0.15) is 5.56 Å². The summed E-state index contributed by atoms with van der Waals surface area (Å²) in [6.07, 6.45) is 0. The van der Waals surface area contributed by atoms with Gasteiger partial charge in [0, 0.05) is 21.8 Å². The molecule has 0 aliphatic carbocycles. The van der Waals surface area contributed by atoms with Crippen LogP contribution in [0.2, 0.25) is 0 Å². The Balaban J connectivity index is 2.52. The monoisotopic (exact) mass is 261 g/mol. The van der Waals surface area contributed by atoms with Crippen LogP contribution < -0.4 is 0 Å². The number of aromatic nitrogens is 1. The van der Waals surface area contributed by atoms with E-state index in [0.717, 1.165) is 27.4 Å². The Hall–Kier alpha value is -1.85. The average molecular weight is 261 g/mol. The molecule has 2 N–H and O–H groups in total. The largest absolute Gasteiger partial charge is 0.354 e. The standard InChI is InChI=1S/C13H11NO3S/c1-8-6-9(18(15,16)17)7-11-10-4-2-3-5-12(10)14-13(8)11/h2-7,14H,1H3,(H,15,16,17). The number of benzene rings is 2. The number of hydrogen-bond donors (Lipinski definition) is 2. The molecule has 18 heavy (non-hydrogen) atoms. The van der Waals surface area contributed by atoms with Crippen molar-refractivity contribution in [3.8, 4) is 0 Å². The van der Waals surface area contributed by atoms with Crippen molar-refractivity contribution in [3.05, 3.63) is 42.0 Å². The molecule has 1 aromatic heterocycles. The van der Waals surface area contributed by atoms with E-state index in [1.165, 1.54) is 12.1 Å². The fraction of sp³-hybridized carbons (Fsp3) is 0.0769. The molecule has 0 spiro atoms. The lowest BCUT2D eigenvalue weighted by molar-refractivity contribution is 0.483. The first-order chi connectivity index (χ1) is 8.47. The van der Waals surface area contributed by atoms with Gasteiger partial charge in [-0.1, -0.05) is 18.2 Å². The van der Waals surface area contributed by atoms with E-state index in [-0.39, 0.29) is 4.90 Å². The second-order valence-electron chi connectivity index (χ2n) is 4.31. The van der Waals surface area contributed by atoms with Crippen LogP contribution in [0.3, 0.4) is 0 Å². The highest BCUT2D eigenvalue weighted by Crippen LogP contribution is 2.29. The molecule has 0 atom stereocenters. The lowest BCUT2D eigenvalue weighted by Gasteiger charge is -2.01. The van der Waals surface area contributed by atoms with Crippen LogP contribution >= 0.6 is 0 Å². The molecule has 0 unspecified atom stereocenters. The van der Waals surface area contributed by atoms with Crippen molar-refractivity contribution in [1.82, 2.24) is 4.98 Å². The van der Waals surface area contributed by atoms with Gasteiger partial charge in [-0.25, -0.2) is 0 Å². The smallest absolute Gasteiger partial charge is 0.294 e. The zero-order valence-corrected chi connectivity index (χ0v) is 10.5. The van der Waals surface area contributed by atoms with Gasteiger partial charge in [0.15, 0.2) is 0 Å². The first-order valence-electron chi connectivity index (χ1n) is 5.45. The second-order valence-corrected chi connectivity index (χ2v) is 5.73. The number of rotatable bonds is 1. The van der Waals surface area contributed by atoms with Gasteiger partial charge in [0.2, 0.25) is 0 Å². The van der Waals surface area contributed by atoms with E-state index in [1.54, 1.807) is 0 Å². The average Bonchev–Trinajstić information content (AvgIpc) is 2.67. The van der Waals surface area contributed by atoms with Gasteiger partial charge in [-0.05, 0) is 30.7 Å². The van der Waals surface area contributed by atoms with Gasteiger partial charge in [-0.3, -0.25) is 4.55 Å². The SMILES string of the molecule is Cc1cc(S(=O)(=O)O)cc2c1[nH]c1ccccc12. The lowest BCUT2D eigenvalue weighted by atomic mass is 10.1. The predicted octanol–water partition coefficient (Wildman–Crippen LogP) is 2.88. The van der Waals surface area contributed by atoms with Crippen molar-refractivity contribution in [1.29, 1.82) is 0 Å². The number of aromatic amines is 1. The normalized spacial score (nSPS) is 12.3. The summed E-state index contributed by atoms with van der Waals surface area (Å²) in [5, 5.41) is 1.75. The Morgan fingerprint density at radius 2 is 1.83 bits per heavy atom. The minimum Gasteiger partial charge on any atom is -0.354 e. The third-order valence-corrected chi connectivity index (χ3v) is 3.92. The predicted molar refractivity (Wildman–Crippen MR) is 70.4 cm³/mol. The van der Waals surface area contributed by atoms with Gasteiger partial charge in [0.1, 0.15) is 0 Å². The fourth-order valence-corrected chi connectivity index (χ4v) is 2.84. The molecule has 0 aliphatic heterocycles. The highest BCUT2D eigenvalue weighted by atomic mass is 32.2. The van der Waals surface area contributed by atoms with Gasteiger partial charge < -0.3 is 4.98 Å². The molecule has 3 aromatic rings. The van der Waals surface area contributed by atoms with Gasteiger partial charge in [0.05, 0.1) is 4.90 Å². The van der Waals surface area contributed by atoms with Crippen molar-refractivity contribution < 1.29 is 13.0 Å². The van der Waals surface area contributed by atoms with Crippen molar-refractivity contribution >= 4 is 31.9 Å². The van der Waals surface area contributed by atoms with Crippen LogP contribution in [0, 0.1) is 6.92 Å². The van der Waals surface area contributed by atoms with Crippen molar-refractivity contribution in [2.24, 2.45) is 0 Å². The molecule has 4 nitrogen and oxygen atoms in total. The number of nitrogens with one attached hydrogen (secondary N) is 1. The van der Waals surface area contributed by atoms with Crippen LogP contribution in [0.5, 0.6) is 0 Å². The maximum atomic E-state index is 11.2. The van der Waals surface area contributed by atoms with Crippen LogP contribution in [-0.2, 0) is 10.1 Å². The Morgan fingerprint density at radius 3 is 2.56 bits per heavy atom. The Bertz CT molecular complexity index is 862. The van der Waals surface area contributed by atoms with Crippen LogP contribution in [-0.4, -0.2) is 18.0 Å². The number of para-hydroxylation sites is 1. The summed E-state index contributed by atoms with van der Waals surface area (Å²) in [6.45, 7) is 1.81. The third kappa shape index (κ3) is 1.60. The summed E-state index contributed by atoms with van der Waals surface area (Å²) in [6, 6.07) is 10.6. The molecule has 5 heteroatoms. The fourth-order valence-electron chi connectivity index (χ4n) is 2.24. The van der Waals surface area contributed by atoms with E-state index in [9.17, 15) is 8.42 Å². The quantitative estimate of drug-likeness (QED) is 0.662. The van der Waals surface area contributed by atoms with E-state index in [1.807, 2.05) is 31.2 Å². The molecule has 0 saturated carbocycles. The van der Waals surface area contributed by atoms with E-state index >= 15 is 0 Å². The van der Waals surface area contributed by atoms with Crippen molar-refractivity contribution in [2.75, 3.05) is 0 Å². The molecule has 3 rings (SSSR count). The molecule has 92 valence electrons. The first-order valence-corrected chi connectivity index (χ1v) is 6.89. The molecular weight excluding hydrogens is 250 g/mol. The van der Waals surface area contributed by atoms with E-state index in [2.05, 4.69) is 4.98 Å². The molecule has 0 saturated heterocycles. The topological polar surface area (TPSA) is 70.2 Å². The Morgan fingerprint density at radius 1 is 1.11 bits per heavy atom. The van der Waals surface area contributed by atoms with Crippen molar-refractivity contribution in [2.45, 2.75) is 11.8 Å². The molecule has 2 aromatic carbocycles. The maximum Gasteiger partial charge on any atom is 0.294 e. The van der Waals surface area contributed by atoms with Crippen LogP contribution in [0.15, 0.2) is 41.3 Å². The Labute approximate surface area is 104 Å². The van der Waals surface area contributed by atoms with Crippen LogP contribution in [0.25, 0.3) is 21.8 Å². The first kappa shape index (κ1) is 11.3. The van der Waals surface area contributed by atoms with Crippen LogP contribution in [0.4, 0.5) is 0 Å². The Kier molecular flexibility index (Phi) is 2.23. The molecule has 0 radical (unpaired) electrons. The highest BCUT2D eigenvalue weighted by molar-refractivity contribution is 7.85. The minimum atomic E-state index is -4.18. The molecule has 0 amide bonds. The van der Waals surface area contributed by atoms with E-state index < -0.39 is 10.1 Å². The maximum absolute atomic E-state index is 11.2. The summed E-state index contributed by atoms with van der Waals surface area (Å²) in [7, 11) is -4.18. The van der Waals surface area contributed by atoms with Gasteiger partial charge in [-0.15, -0.1) is 0 Å². The van der Waals surface area contributed by atoms with Gasteiger partial charge in [-0.2, -0.15) is 8.42 Å². The molecule has 0 bridgehead atoms. The van der Waals surface area contributed by atoms with Gasteiger partial charge >= 0.3 is 0 Å². The van der Waals surface area contributed by atoms with Gasteiger partial charge in [0.25, 0.3) is 10.1 Å². The number of hydrogen-bond acceptors (Lipinski definition) is 2. The number of H-pyrrole nitrogens is 1. The molecule has 1 heterocycles. The zero-order valence-electron chi connectivity index (χ0n) is 9.64. The molecular formula is C13H11NO3S. The van der Waals surface area contributed by atoms with Crippen molar-refractivity contribution in [3.63, 3.8) is 0 Å². The molecule has 0 aliphatic rings. The lowest BCUT2D eigenvalue weighted by Crippen LogP contribution is -1.98. The summed E-state index contributed by atoms with van der Waals surface area (Å²) < 4.78 is 31.6. The minimum absolute atomic E-state index is 0.0720. The van der Waals surface area contributed by atoms with E-state index in [0.29, 0.717) is 0 Å². The summed E-state index contributed by atoms with van der Waals surface area (Å²) in [5.41, 5.74) is 2.63. The summed E-state index contributed by atoms with van der Waals surface area (Å²) >= 11 is 0. The summed E-state index contributed by atoms with van der Waals surface area (Å²) in [5.74, 6) is 0. The third-order valence-electron chi connectivity index (χ3n) is 3.08. The molecule has 0 fully saturated rings. The van der Waals surface area contributed by atoms with E-state index in [4.69, 9.17) is 4.55 Å². The zero-order chi connectivity index (χ0) is 12.9. The summed E-state index contributed by atoms with van der Waals surface area (Å²) in [4.78, 5) is 3.18. The second kappa shape index (κ2) is 3.57. The highest BCUT2D eigenvalue weighted by Gasteiger charge is 2.14.